The quantitative estimate of drug-likeness (QED) is 0.693. The molecule has 0 saturated carbocycles. The summed E-state index contributed by atoms with van der Waals surface area (Å²) < 4.78 is 10.5. The predicted octanol–water partition coefficient (Wildman–Crippen LogP) is 3.92. The normalized spacial score (nSPS) is 10.4. The van der Waals surface area contributed by atoms with Crippen LogP contribution in [0.2, 0.25) is 5.02 Å². The maximum atomic E-state index is 12.3. The first-order valence-electron chi connectivity index (χ1n) is 7.89. The molecule has 26 heavy (non-hydrogen) atoms. The summed E-state index contributed by atoms with van der Waals surface area (Å²) >= 11 is 5.87. The molecule has 2 aromatic rings. The van der Waals surface area contributed by atoms with E-state index in [9.17, 15) is 4.79 Å². The van der Waals surface area contributed by atoms with E-state index in [1.807, 2.05) is 18.2 Å². The lowest BCUT2D eigenvalue weighted by Gasteiger charge is -2.15. The highest BCUT2D eigenvalue weighted by Crippen LogP contribution is 2.28. The van der Waals surface area contributed by atoms with Crippen LogP contribution in [0.4, 0.5) is 0 Å². The molecular formula is C20H19ClN2O3. The third kappa shape index (κ3) is 5.54. The van der Waals surface area contributed by atoms with Crippen molar-refractivity contribution in [2.75, 3.05) is 20.8 Å². The zero-order chi connectivity index (χ0) is 18.9. The van der Waals surface area contributed by atoms with Crippen molar-refractivity contribution in [3.05, 3.63) is 64.7 Å². The number of nitrogens with zero attached hydrogens (tertiary/aromatic N) is 2. The van der Waals surface area contributed by atoms with E-state index in [1.165, 1.54) is 13.2 Å². The summed E-state index contributed by atoms with van der Waals surface area (Å²) in [6.45, 7) is 0.435. The zero-order valence-electron chi connectivity index (χ0n) is 14.6. The molecule has 5 nitrogen and oxygen atoms in total. The van der Waals surface area contributed by atoms with E-state index >= 15 is 0 Å². The first-order chi connectivity index (χ1) is 12.5. The SMILES string of the molecule is COc1cc(/C=C/C(=O)N(C)Cc2ccc(Cl)cc2)ccc1OCC#N. The number of hydrogen-bond donors (Lipinski definition) is 0. The lowest BCUT2D eigenvalue weighted by molar-refractivity contribution is -0.125. The van der Waals surface area contributed by atoms with Crippen LogP contribution in [0.15, 0.2) is 48.5 Å². The van der Waals surface area contributed by atoms with Crippen molar-refractivity contribution >= 4 is 23.6 Å². The molecule has 6 heteroatoms. The van der Waals surface area contributed by atoms with Crippen LogP contribution in [-0.2, 0) is 11.3 Å². The number of hydrogen-bond acceptors (Lipinski definition) is 4. The molecule has 0 bridgehead atoms. The molecule has 1 amide bonds. The predicted molar refractivity (Wildman–Crippen MR) is 101 cm³/mol. The average molecular weight is 371 g/mol. The van der Waals surface area contributed by atoms with Gasteiger partial charge < -0.3 is 14.4 Å². The molecule has 0 fully saturated rings. The number of nitriles is 1. The van der Waals surface area contributed by atoms with Crippen LogP contribution in [0, 0.1) is 11.3 Å². The third-order valence-corrected chi connectivity index (χ3v) is 3.86. The van der Waals surface area contributed by atoms with Crippen LogP contribution in [0.5, 0.6) is 11.5 Å². The van der Waals surface area contributed by atoms with Crippen molar-refractivity contribution in [3.63, 3.8) is 0 Å². The smallest absolute Gasteiger partial charge is 0.246 e. The number of rotatable bonds is 7. The Morgan fingerprint density at radius 1 is 1.23 bits per heavy atom. The van der Waals surface area contributed by atoms with Gasteiger partial charge in [0.1, 0.15) is 6.07 Å². The molecule has 0 heterocycles. The van der Waals surface area contributed by atoms with Crippen molar-refractivity contribution in [1.29, 1.82) is 5.26 Å². The number of carbonyl (C=O) groups excluding carboxylic acids is 1. The fourth-order valence-electron chi connectivity index (χ4n) is 2.25. The standard InChI is InChI=1S/C20H19ClN2O3/c1-23(14-16-3-7-17(21)8-4-16)20(24)10-6-15-5-9-18(26-12-11-22)19(13-15)25-2/h3-10,13H,12,14H2,1-2H3/b10-6+. The topological polar surface area (TPSA) is 62.6 Å². The Morgan fingerprint density at radius 2 is 1.96 bits per heavy atom. The van der Waals surface area contributed by atoms with E-state index in [0.717, 1.165) is 11.1 Å². The average Bonchev–Trinajstić information content (AvgIpc) is 2.66. The third-order valence-electron chi connectivity index (χ3n) is 3.61. The first-order valence-corrected chi connectivity index (χ1v) is 8.26. The minimum absolute atomic E-state index is 0.0560. The summed E-state index contributed by atoms with van der Waals surface area (Å²) in [6.07, 6.45) is 3.21. The monoisotopic (exact) mass is 370 g/mol. The molecule has 0 radical (unpaired) electrons. The van der Waals surface area contributed by atoms with Crippen LogP contribution < -0.4 is 9.47 Å². The number of halogens is 1. The number of ether oxygens (including phenoxy) is 2. The van der Waals surface area contributed by atoms with Gasteiger partial charge >= 0.3 is 0 Å². The Kier molecular flexibility index (Phi) is 7.07. The van der Waals surface area contributed by atoms with Crippen molar-refractivity contribution in [2.45, 2.75) is 6.54 Å². The molecule has 0 aromatic heterocycles. The van der Waals surface area contributed by atoms with E-state index in [1.54, 1.807) is 48.4 Å². The zero-order valence-corrected chi connectivity index (χ0v) is 15.4. The van der Waals surface area contributed by atoms with Gasteiger partial charge in [0.2, 0.25) is 5.91 Å². The summed E-state index contributed by atoms with van der Waals surface area (Å²) in [5.74, 6) is 0.866. The second kappa shape index (κ2) is 9.50. The number of methoxy groups -OCH3 is 1. The highest BCUT2D eigenvalue weighted by molar-refractivity contribution is 6.30. The van der Waals surface area contributed by atoms with E-state index in [4.69, 9.17) is 26.3 Å². The number of carbonyl (C=O) groups is 1. The van der Waals surface area contributed by atoms with Gasteiger partial charge in [0, 0.05) is 24.7 Å². The Bertz CT molecular complexity index is 826. The van der Waals surface area contributed by atoms with Gasteiger partial charge in [-0.3, -0.25) is 4.79 Å². The van der Waals surface area contributed by atoms with Gasteiger partial charge in [0.15, 0.2) is 18.1 Å². The Balaban J connectivity index is 2.02. The minimum Gasteiger partial charge on any atom is -0.493 e. The molecule has 2 rings (SSSR count). The minimum atomic E-state index is -0.122. The number of amides is 1. The highest BCUT2D eigenvalue weighted by atomic mass is 35.5. The van der Waals surface area contributed by atoms with Gasteiger partial charge in [0.05, 0.1) is 7.11 Å². The van der Waals surface area contributed by atoms with Crippen molar-refractivity contribution in [1.82, 2.24) is 4.90 Å². The molecule has 0 N–H and O–H groups in total. The summed E-state index contributed by atoms with van der Waals surface area (Å²) in [4.78, 5) is 13.9. The molecule has 0 atom stereocenters. The van der Waals surface area contributed by atoms with Crippen LogP contribution >= 0.6 is 11.6 Å². The number of likely N-dealkylation sites (N-methyl/N-ethyl adjacent to an activating group) is 1. The largest absolute Gasteiger partial charge is 0.493 e. The summed E-state index contributed by atoms with van der Waals surface area (Å²) in [6, 6.07) is 14.5. The van der Waals surface area contributed by atoms with Gasteiger partial charge in [-0.05, 0) is 41.5 Å². The maximum Gasteiger partial charge on any atom is 0.246 e. The fraction of sp³-hybridized carbons (Fsp3) is 0.200. The highest BCUT2D eigenvalue weighted by Gasteiger charge is 2.07. The van der Waals surface area contributed by atoms with Gasteiger partial charge in [-0.2, -0.15) is 5.26 Å². The second-order valence-corrected chi connectivity index (χ2v) is 5.95. The molecule has 0 unspecified atom stereocenters. The fourth-order valence-corrected chi connectivity index (χ4v) is 2.38. The second-order valence-electron chi connectivity index (χ2n) is 5.51. The molecule has 2 aromatic carbocycles. The molecule has 0 aliphatic rings. The van der Waals surface area contributed by atoms with E-state index < -0.39 is 0 Å². The molecular weight excluding hydrogens is 352 g/mol. The van der Waals surface area contributed by atoms with Crippen LogP contribution in [-0.4, -0.2) is 31.6 Å². The van der Waals surface area contributed by atoms with Crippen LogP contribution in [0.1, 0.15) is 11.1 Å². The number of benzene rings is 2. The van der Waals surface area contributed by atoms with E-state index in [-0.39, 0.29) is 12.5 Å². The molecule has 134 valence electrons. The Morgan fingerprint density at radius 3 is 2.62 bits per heavy atom. The van der Waals surface area contributed by atoms with Crippen molar-refractivity contribution in [3.8, 4) is 17.6 Å². The molecule has 0 aliphatic heterocycles. The Hall–Kier alpha value is -2.97. The summed E-state index contributed by atoms with van der Waals surface area (Å²) in [5.41, 5.74) is 1.79. The lowest BCUT2D eigenvalue weighted by Crippen LogP contribution is -2.24. The van der Waals surface area contributed by atoms with Gasteiger partial charge in [-0.1, -0.05) is 29.8 Å². The van der Waals surface area contributed by atoms with Gasteiger partial charge in [-0.25, -0.2) is 0 Å². The Labute approximate surface area is 158 Å². The summed E-state index contributed by atoms with van der Waals surface area (Å²) in [5, 5.41) is 9.25. The maximum absolute atomic E-state index is 12.3. The van der Waals surface area contributed by atoms with E-state index in [2.05, 4.69) is 0 Å². The lowest BCUT2D eigenvalue weighted by atomic mass is 10.1. The molecule has 0 saturated heterocycles. The van der Waals surface area contributed by atoms with Crippen LogP contribution in [0.25, 0.3) is 6.08 Å². The summed E-state index contributed by atoms with van der Waals surface area (Å²) in [7, 11) is 3.26. The van der Waals surface area contributed by atoms with E-state index in [0.29, 0.717) is 23.1 Å². The first kappa shape index (κ1) is 19.4. The van der Waals surface area contributed by atoms with Gasteiger partial charge in [0.25, 0.3) is 0 Å². The van der Waals surface area contributed by atoms with Gasteiger partial charge in [-0.15, -0.1) is 0 Å². The molecule has 0 spiro atoms. The van der Waals surface area contributed by atoms with Crippen molar-refractivity contribution < 1.29 is 14.3 Å². The van der Waals surface area contributed by atoms with Crippen molar-refractivity contribution in [2.24, 2.45) is 0 Å². The molecule has 0 aliphatic carbocycles. The van der Waals surface area contributed by atoms with Crippen LogP contribution in [0.3, 0.4) is 0 Å².